The number of nitrogens with one attached hydrogen (secondary N) is 3. The van der Waals surface area contributed by atoms with Crippen molar-refractivity contribution in [3.63, 3.8) is 0 Å². The lowest BCUT2D eigenvalue weighted by molar-refractivity contribution is -0.128. The van der Waals surface area contributed by atoms with Gasteiger partial charge in [0.1, 0.15) is 17.6 Å². The Kier molecular flexibility index (Phi) is 5.94. The molecule has 1 aromatic carbocycles. The average molecular weight is 426 g/mol. The smallest absolute Gasteiger partial charge is 0.258 e. The van der Waals surface area contributed by atoms with E-state index in [0.29, 0.717) is 24.7 Å². The monoisotopic (exact) mass is 425 g/mol. The number of carbonyl (C=O) groups is 2. The first-order valence-corrected chi connectivity index (χ1v) is 10.4. The summed E-state index contributed by atoms with van der Waals surface area (Å²) in [4.78, 5) is 30.0. The quantitative estimate of drug-likeness (QED) is 0.648. The van der Waals surface area contributed by atoms with Crippen molar-refractivity contribution in [2.45, 2.75) is 56.8 Å². The van der Waals surface area contributed by atoms with Crippen LogP contribution in [0.1, 0.15) is 32.6 Å². The molecule has 0 spiro atoms. The van der Waals surface area contributed by atoms with Gasteiger partial charge in [-0.05, 0) is 50.2 Å². The Morgan fingerprint density at radius 1 is 1.21 bits per heavy atom. The molecule has 0 radical (unpaired) electrons. The summed E-state index contributed by atoms with van der Waals surface area (Å²) in [5.74, 6) is 0.235. The highest BCUT2D eigenvalue weighted by molar-refractivity contribution is 6.30. The normalized spacial score (nSPS) is 32.9. The van der Waals surface area contributed by atoms with E-state index in [2.05, 4.69) is 16.1 Å². The van der Waals surface area contributed by atoms with E-state index in [0.717, 1.165) is 18.9 Å². The fourth-order valence-corrected chi connectivity index (χ4v) is 4.53. The number of hydrogen-bond donors (Lipinski definition) is 3. The highest BCUT2D eigenvalue weighted by atomic mass is 35.5. The van der Waals surface area contributed by atoms with E-state index in [1.54, 1.807) is 0 Å². The second kappa shape index (κ2) is 8.45. The molecular weight excluding hydrogens is 401 g/mol. The van der Waals surface area contributed by atoms with Crippen molar-refractivity contribution in [3.05, 3.63) is 29.0 Å². The van der Waals surface area contributed by atoms with Crippen molar-refractivity contribution in [3.8, 4) is 5.75 Å². The summed E-state index contributed by atoms with van der Waals surface area (Å²) in [6, 6.07) is 3.77. The molecule has 7 nitrogen and oxygen atoms in total. The topological polar surface area (TPSA) is 88.7 Å². The number of ether oxygens (including phenoxy) is 1. The van der Waals surface area contributed by atoms with Gasteiger partial charge in [0.05, 0.1) is 11.1 Å². The van der Waals surface area contributed by atoms with Gasteiger partial charge >= 0.3 is 0 Å². The molecule has 9 heteroatoms. The van der Waals surface area contributed by atoms with Crippen molar-refractivity contribution in [1.29, 1.82) is 0 Å². The Bertz CT molecular complexity index is 789. The molecule has 4 unspecified atom stereocenters. The minimum absolute atomic E-state index is 0.00457. The zero-order chi connectivity index (χ0) is 20.5. The molecule has 3 saturated carbocycles. The number of halogens is 2. The van der Waals surface area contributed by atoms with Gasteiger partial charge in [-0.1, -0.05) is 11.6 Å². The molecule has 1 aromatic rings. The highest BCUT2D eigenvalue weighted by Gasteiger charge is 2.47. The van der Waals surface area contributed by atoms with Crippen LogP contribution in [0.5, 0.6) is 5.75 Å². The standard InChI is InChI=1S/C20H25ClFN3O4/c1-10-4-18(25-29-10)20(27)24-17-8-16(11-5-12(17)6-11)23-19(26)9-28-13-2-3-14(21)15(22)7-13/h2-3,7,10-12,16-18,25H,4-6,8-9H2,1H3,(H,23,26)(H,24,27). The van der Waals surface area contributed by atoms with Crippen LogP contribution in [0.2, 0.25) is 5.02 Å². The highest BCUT2D eigenvalue weighted by Crippen LogP contribution is 2.45. The Labute approximate surface area is 173 Å². The molecule has 2 bridgehead atoms. The Balaban J connectivity index is 1.26. The maximum absolute atomic E-state index is 13.5. The van der Waals surface area contributed by atoms with E-state index < -0.39 is 5.82 Å². The second-order valence-electron chi connectivity index (χ2n) is 8.22. The van der Waals surface area contributed by atoms with E-state index in [1.807, 2.05) is 6.92 Å². The summed E-state index contributed by atoms with van der Waals surface area (Å²) in [5, 5.41) is 6.14. The molecule has 1 aliphatic heterocycles. The summed E-state index contributed by atoms with van der Waals surface area (Å²) in [6.45, 7) is 1.72. The number of fused-ring (bicyclic) bond motifs is 2. The molecule has 3 N–H and O–H groups in total. The lowest BCUT2D eigenvalue weighted by Gasteiger charge is -2.51. The summed E-state index contributed by atoms with van der Waals surface area (Å²) >= 11 is 5.64. The second-order valence-corrected chi connectivity index (χ2v) is 8.62. The molecule has 2 amide bonds. The Morgan fingerprint density at radius 3 is 2.59 bits per heavy atom. The first-order valence-electron chi connectivity index (χ1n) is 9.98. The third-order valence-electron chi connectivity index (χ3n) is 6.09. The van der Waals surface area contributed by atoms with E-state index in [4.69, 9.17) is 21.2 Å². The van der Waals surface area contributed by atoms with Crippen LogP contribution in [-0.2, 0) is 14.4 Å². The number of carbonyl (C=O) groups excluding carboxylic acids is 2. The molecule has 5 rings (SSSR count). The summed E-state index contributed by atoms with van der Waals surface area (Å²) in [5.41, 5.74) is 2.77. The van der Waals surface area contributed by atoms with Crippen molar-refractivity contribution in [2.24, 2.45) is 11.8 Å². The van der Waals surface area contributed by atoms with Gasteiger partial charge in [-0.15, -0.1) is 0 Å². The van der Waals surface area contributed by atoms with Crippen LogP contribution >= 0.6 is 11.6 Å². The zero-order valence-corrected chi connectivity index (χ0v) is 16.9. The van der Waals surface area contributed by atoms with Gasteiger partial charge < -0.3 is 15.4 Å². The summed E-state index contributed by atoms with van der Waals surface area (Å²) in [6.07, 6.45) is 3.35. The molecule has 4 aliphatic rings. The van der Waals surface area contributed by atoms with Crippen LogP contribution in [0, 0.1) is 17.7 Å². The molecule has 3 aliphatic carbocycles. The van der Waals surface area contributed by atoms with Crippen molar-refractivity contribution in [1.82, 2.24) is 16.1 Å². The lowest BCUT2D eigenvalue weighted by atomic mass is 9.60. The number of hydroxylamine groups is 1. The first-order chi connectivity index (χ1) is 13.9. The molecule has 1 saturated heterocycles. The van der Waals surface area contributed by atoms with Gasteiger partial charge in [-0.25, -0.2) is 4.39 Å². The van der Waals surface area contributed by atoms with Crippen LogP contribution in [0.15, 0.2) is 18.2 Å². The minimum atomic E-state index is -0.590. The van der Waals surface area contributed by atoms with Crippen LogP contribution in [-0.4, -0.2) is 42.7 Å². The van der Waals surface area contributed by atoms with Crippen molar-refractivity contribution < 1.29 is 23.6 Å². The third-order valence-corrected chi connectivity index (χ3v) is 6.39. The van der Waals surface area contributed by atoms with E-state index in [-0.39, 0.29) is 53.4 Å². The van der Waals surface area contributed by atoms with Crippen LogP contribution < -0.4 is 20.9 Å². The van der Waals surface area contributed by atoms with Gasteiger partial charge in [0.25, 0.3) is 5.91 Å². The Hall–Kier alpha value is -1.90. The van der Waals surface area contributed by atoms with Crippen LogP contribution in [0.4, 0.5) is 4.39 Å². The van der Waals surface area contributed by atoms with Crippen molar-refractivity contribution in [2.75, 3.05) is 6.61 Å². The first kappa shape index (κ1) is 20.4. The number of benzene rings is 1. The molecule has 1 heterocycles. The van der Waals surface area contributed by atoms with E-state index in [1.165, 1.54) is 12.1 Å². The molecule has 4 fully saturated rings. The average Bonchev–Trinajstić information content (AvgIpc) is 3.08. The van der Waals surface area contributed by atoms with Crippen molar-refractivity contribution >= 4 is 23.4 Å². The SMILES string of the molecule is CC1CC(C(=O)NC2CC(NC(=O)COc3ccc(Cl)c(F)c3)C3CC2C3)NO1. The maximum Gasteiger partial charge on any atom is 0.258 e. The molecular formula is C20H25ClFN3O4. The van der Waals surface area contributed by atoms with Gasteiger partial charge in [-0.2, -0.15) is 5.48 Å². The number of rotatable bonds is 6. The zero-order valence-electron chi connectivity index (χ0n) is 16.1. The number of amides is 2. The van der Waals surface area contributed by atoms with Crippen LogP contribution in [0.25, 0.3) is 0 Å². The minimum Gasteiger partial charge on any atom is -0.484 e. The molecule has 29 heavy (non-hydrogen) atoms. The van der Waals surface area contributed by atoms with E-state index in [9.17, 15) is 14.0 Å². The molecule has 4 atom stereocenters. The predicted molar refractivity (Wildman–Crippen MR) is 104 cm³/mol. The van der Waals surface area contributed by atoms with Crippen LogP contribution in [0.3, 0.4) is 0 Å². The van der Waals surface area contributed by atoms with Gasteiger partial charge in [-0.3, -0.25) is 14.4 Å². The van der Waals surface area contributed by atoms with Gasteiger partial charge in [0, 0.05) is 24.6 Å². The molecule has 0 aromatic heterocycles. The fourth-order valence-electron chi connectivity index (χ4n) is 4.41. The fraction of sp³-hybridized carbons (Fsp3) is 0.600. The Morgan fingerprint density at radius 2 is 1.93 bits per heavy atom. The third kappa shape index (κ3) is 4.65. The predicted octanol–water partition coefficient (Wildman–Crippen LogP) is 1.94. The summed E-state index contributed by atoms with van der Waals surface area (Å²) < 4.78 is 18.8. The van der Waals surface area contributed by atoms with Gasteiger partial charge in [0.15, 0.2) is 6.61 Å². The number of hydrogen-bond acceptors (Lipinski definition) is 5. The lowest BCUT2D eigenvalue weighted by Crippen LogP contribution is -2.61. The largest absolute Gasteiger partial charge is 0.484 e. The maximum atomic E-state index is 13.5. The van der Waals surface area contributed by atoms with Gasteiger partial charge in [0.2, 0.25) is 5.91 Å². The van der Waals surface area contributed by atoms with E-state index >= 15 is 0 Å². The molecule has 158 valence electrons. The summed E-state index contributed by atoms with van der Waals surface area (Å²) in [7, 11) is 0.